The van der Waals surface area contributed by atoms with E-state index in [0.717, 1.165) is 25.2 Å². The van der Waals surface area contributed by atoms with Crippen molar-refractivity contribution in [1.29, 1.82) is 5.26 Å². The number of nitriles is 1. The van der Waals surface area contributed by atoms with Crippen LogP contribution in [0.4, 0.5) is 11.5 Å². The highest BCUT2D eigenvalue weighted by Crippen LogP contribution is 2.18. The lowest BCUT2D eigenvalue weighted by Gasteiger charge is -2.20. The number of anilines is 2. The molecule has 0 fully saturated rings. The van der Waals surface area contributed by atoms with Gasteiger partial charge in [-0.15, -0.1) is 0 Å². The number of rotatable bonds is 5. The van der Waals surface area contributed by atoms with Gasteiger partial charge in [0.1, 0.15) is 11.9 Å². The van der Waals surface area contributed by atoms with Gasteiger partial charge in [0, 0.05) is 26.3 Å². The van der Waals surface area contributed by atoms with Gasteiger partial charge in [0.2, 0.25) is 0 Å². The third kappa shape index (κ3) is 3.26. The van der Waals surface area contributed by atoms with Gasteiger partial charge in [-0.25, -0.2) is 0 Å². The number of nitrogen functional groups attached to an aromatic ring is 1. The van der Waals surface area contributed by atoms with Crippen molar-refractivity contribution in [1.82, 2.24) is 9.78 Å². The third-order valence-corrected chi connectivity index (χ3v) is 2.98. The monoisotopic (exact) mass is 255 g/mol. The summed E-state index contributed by atoms with van der Waals surface area (Å²) in [4.78, 5) is 2.09. The molecule has 0 spiro atoms. The first kappa shape index (κ1) is 13.0. The molecule has 0 amide bonds. The molecular weight excluding hydrogens is 238 g/mol. The molecule has 1 aromatic heterocycles. The molecule has 1 aromatic carbocycles. The molecule has 0 unspecified atom stereocenters. The maximum absolute atomic E-state index is 9.07. The molecule has 0 aliphatic carbocycles. The average Bonchev–Trinajstić information content (AvgIpc) is 2.84. The van der Waals surface area contributed by atoms with Crippen molar-refractivity contribution in [3.63, 3.8) is 0 Å². The number of hydrogen-bond acceptors (Lipinski definition) is 4. The topological polar surface area (TPSA) is 70.9 Å². The molecule has 5 heteroatoms. The van der Waals surface area contributed by atoms with Gasteiger partial charge in [-0.05, 0) is 24.6 Å². The Bertz CT molecular complexity index is 582. The van der Waals surface area contributed by atoms with Gasteiger partial charge in [-0.2, -0.15) is 10.4 Å². The number of nitrogens with two attached hydrogens (primary N) is 1. The van der Waals surface area contributed by atoms with Crippen molar-refractivity contribution < 1.29 is 0 Å². The molecule has 2 N–H and O–H groups in total. The number of para-hydroxylation sites is 1. The second kappa shape index (κ2) is 5.91. The Morgan fingerprint density at radius 2 is 2.16 bits per heavy atom. The van der Waals surface area contributed by atoms with Gasteiger partial charge in [0.25, 0.3) is 0 Å². The van der Waals surface area contributed by atoms with Crippen LogP contribution in [0.25, 0.3) is 0 Å². The van der Waals surface area contributed by atoms with Crippen molar-refractivity contribution in [3.05, 3.63) is 42.1 Å². The van der Waals surface area contributed by atoms with Gasteiger partial charge in [0.15, 0.2) is 0 Å². The molecule has 98 valence electrons. The first-order valence-corrected chi connectivity index (χ1v) is 6.20. The largest absolute Gasteiger partial charge is 0.382 e. The van der Waals surface area contributed by atoms with Crippen LogP contribution in [0, 0.1) is 11.3 Å². The Kier molecular flexibility index (Phi) is 4.04. The Morgan fingerprint density at radius 1 is 1.37 bits per heavy atom. The lowest BCUT2D eigenvalue weighted by atomic mass is 10.2. The molecule has 19 heavy (non-hydrogen) atoms. The minimum Gasteiger partial charge on any atom is -0.382 e. The van der Waals surface area contributed by atoms with E-state index in [4.69, 9.17) is 11.0 Å². The summed E-state index contributed by atoms with van der Waals surface area (Å²) < 4.78 is 1.83. The molecule has 0 aliphatic heterocycles. The second-order valence-electron chi connectivity index (χ2n) is 4.41. The SMILES string of the molecule is CN(CCCn1ccc(N)n1)c1ccccc1C#N. The lowest BCUT2D eigenvalue weighted by molar-refractivity contribution is 0.580. The predicted molar refractivity (Wildman–Crippen MR) is 75.7 cm³/mol. The van der Waals surface area contributed by atoms with E-state index in [2.05, 4.69) is 16.1 Å². The molecule has 0 bridgehead atoms. The molecule has 1 heterocycles. The zero-order chi connectivity index (χ0) is 13.7. The molecule has 0 aliphatic rings. The summed E-state index contributed by atoms with van der Waals surface area (Å²) in [5.41, 5.74) is 7.23. The van der Waals surface area contributed by atoms with Crippen LogP contribution >= 0.6 is 0 Å². The fourth-order valence-electron chi connectivity index (χ4n) is 1.99. The van der Waals surface area contributed by atoms with E-state index >= 15 is 0 Å². The molecule has 0 atom stereocenters. The number of nitrogens with zero attached hydrogens (tertiary/aromatic N) is 4. The standard InChI is InChI=1S/C14H17N5/c1-18(13-6-3-2-5-12(13)11-15)8-4-9-19-10-7-14(16)17-19/h2-3,5-7,10H,4,8-9H2,1H3,(H2,16,17). The summed E-state index contributed by atoms with van der Waals surface area (Å²) in [5, 5.41) is 13.2. The van der Waals surface area contributed by atoms with Gasteiger partial charge in [0.05, 0.1) is 11.3 Å². The van der Waals surface area contributed by atoms with Crippen molar-refractivity contribution in [2.45, 2.75) is 13.0 Å². The average molecular weight is 255 g/mol. The van der Waals surface area contributed by atoms with E-state index in [9.17, 15) is 0 Å². The van der Waals surface area contributed by atoms with Crippen LogP contribution in [-0.2, 0) is 6.54 Å². The minimum atomic E-state index is 0.545. The number of benzene rings is 1. The van der Waals surface area contributed by atoms with Crippen molar-refractivity contribution in [2.75, 3.05) is 24.2 Å². The molecule has 5 nitrogen and oxygen atoms in total. The van der Waals surface area contributed by atoms with Crippen molar-refractivity contribution in [3.8, 4) is 6.07 Å². The van der Waals surface area contributed by atoms with E-state index in [1.165, 1.54) is 0 Å². The van der Waals surface area contributed by atoms with E-state index in [1.807, 2.05) is 42.2 Å². The Hall–Kier alpha value is -2.48. The minimum absolute atomic E-state index is 0.545. The van der Waals surface area contributed by atoms with Crippen molar-refractivity contribution >= 4 is 11.5 Å². The van der Waals surface area contributed by atoms with Crippen LogP contribution in [0.15, 0.2) is 36.5 Å². The smallest absolute Gasteiger partial charge is 0.145 e. The zero-order valence-electron chi connectivity index (χ0n) is 11.0. The van der Waals surface area contributed by atoms with Crippen LogP contribution in [0.5, 0.6) is 0 Å². The Labute approximate surface area is 112 Å². The van der Waals surface area contributed by atoms with Crippen LogP contribution in [-0.4, -0.2) is 23.4 Å². The normalized spacial score (nSPS) is 10.1. The first-order chi connectivity index (χ1) is 9.20. The van der Waals surface area contributed by atoms with Crippen molar-refractivity contribution in [2.24, 2.45) is 0 Å². The highest BCUT2D eigenvalue weighted by atomic mass is 15.3. The van der Waals surface area contributed by atoms with E-state index in [0.29, 0.717) is 11.4 Å². The summed E-state index contributed by atoms with van der Waals surface area (Å²) in [7, 11) is 1.99. The van der Waals surface area contributed by atoms with Gasteiger partial charge in [-0.1, -0.05) is 12.1 Å². The Balaban J connectivity index is 1.91. The summed E-state index contributed by atoms with van der Waals surface area (Å²) >= 11 is 0. The molecule has 0 saturated heterocycles. The lowest BCUT2D eigenvalue weighted by Crippen LogP contribution is -2.21. The fourth-order valence-corrected chi connectivity index (χ4v) is 1.99. The second-order valence-corrected chi connectivity index (χ2v) is 4.41. The Morgan fingerprint density at radius 3 is 2.84 bits per heavy atom. The maximum atomic E-state index is 9.07. The molecule has 2 aromatic rings. The van der Waals surface area contributed by atoms with Crippen LogP contribution in [0.2, 0.25) is 0 Å². The number of aromatic nitrogens is 2. The summed E-state index contributed by atoms with van der Waals surface area (Å²) in [6.07, 6.45) is 2.82. The van der Waals surface area contributed by atoms with Gasteiger partial charge in [-0.3, -0.25) is 4.68 Å². The number of hydrogen-bond donors (Lipinski definition) is 1. The van der Waals surface area contributed by atoms with Gasteiger partial charge < -0.3 is 10.6 Å². The molecule has 2 rings (SSSR count). The summed E-state index contributed by atoms with van der Waals surface area (Å²) in [6, 6.07) is 11.6. The van der Waals surface area contributed by atoms with Crippen LogP contribution in [0.1, 0.15) is 12.0 Å². The zero-order valence-corrected chi connectivity index (χ0v) is 11.0. The first-order valence-electron chi connectivity index (χ1n) is 6.20. The molecule has 0 radical (unpaired) electrons. The highest BCUT2D eigenvalue weighted by molar-refractivity contribution is 5.58. The quantitative estimate of drug-likeness (QED) is 0.885. The van der Waals surface area contributed by atoms with Crippen LogP contribution in [0.3, 0.4) is 0 Å². The molecular formula is C14H17N5. The summed E-state index contributed by atoms with van der Waals surface area (Å²) in [5.74, 6) is 0.545. The maximum Gasteiger partial charge on any atom is 0.145 e. The van der Waals surface area contributed by atoms with E-state index < -0.39 is 0 Å². The highest BCUT2D eigenvalue weighted by Gasteiger charge is 2.06. The third-order valence-electron chi connectivity index (χ3n) is 2.98. The number of aryl methyl sites for hydroxylation is 1. The fraction of sp³-hybridized carbons (Fsp3) is 0.286. The van der Waals surface area contributed by atoms with E-state index in [-0.39, 0.29) is 0 Å². The van der Waals surface area contributed by atoms with Gasteiger partial charge >= 0.3 is 0 Å². The molecule has 0 saturated carbocycles. The summed E-state index contributed by atoms with van der Waals surface area (Å²) in [6.45, 7) is 1.68. The predicted octanol–water partition coefficient (Wildman–Crippen LogP) is 1.86. The van der Waals surface area contributed by atoms with E-state index in [1.54, 1.807) is 6.07 Å². The van der Waals surface area contributed by atoms with Crippen LogP contribution < -0.4 is 10.6 Å².